The van der Waals surface area contributed by atoms with E-state index in [-0.39, 0.29) is 6.10 Å². The van der Waals surface area contributed by atoms with Gasteiger partial charge in [-0.2, -0.15) is 0 Å². The summed E-state index contributed by atoms with van der Waals surface area (Å²) in [5.74, 6) is 0.640. The zero-order valence-corrected chi connectivity index (χ0v) is 11.4. The third-order valence-corrected chi connectivity index (χ3v) is 4.54. The fourth-order valence-corrected chi connectivity index (χ4v) is 3.20. The van der Waals surface area contributed by atoms with E-state index >= 15 is 0 Å². The van der Waals surface area contributed by atoms with Crippen molar-refractivity contribution in [2.45, 2.75) is 26.0 Å². The van der Waals surface area contributed by atoms with Crippen molar-refractivity contribution in [2.24, 2.45) is 5.92 Å². The van der Waals surface area contributed by atoms with E-state index in [1.54, 1.807) is 11.3 Å². The Kier molecular flexibility index (Phi) is 3.83. The van der Waals surface area contributed by atoms with Crippen molar-refractivity contribution in [2.75, 3.05) is 13.2 Å². The molecule has 2 unspecified atom stereocenters. The molecule has 1 aliphatic heterocycles. The quantitative estimate of drug-likeness (QED) is 0.903. The number of rotatable bonds is 2. The molecule has 0 radical (unpaired) electrons. The van der Waals surface area contributed by atoms with E-state index < -0.39 is 0 Å². The van der Waals surface area contributed by atoms with Gasteiger partial charge in [-0.05, 0) is 27.9 Å². The van der Waals surface area contributed by atoms with Crippen molar-refractivity contribution in [3.8, 4) is 0 Å². The van der Waals surface area contributed by atoms with E-state index in [0.717, 1.165) is 17.6 Å². The number of halogens is 1. The molecule has 1 aromatic heterocycles. The van der Waals surface area contributed by atoms with Crippen molar-refractivity contribution in [1.29, 1.82) is 0 Å². The highest BCUT2D eigenvalue weighted by molar-refractivity contribution is 9.10. The highest BCUT2D eigenvalue weighted by Gasteiger charge is 2.24. The van der Waals surface area contributed by atoms with Gasteiger partial charge >= 0.3 is 0 Å². The lowest BCUT2D eigenvalue weighted by Crippen LogP contribution is -2.45. The highest BCUT2D eigenvalue weighted by Crippen LogP contribution is 2.29. The summed E-state index contributed by atoms with van der Waals surface area (Å²) < 4.78 is 7.03. The molecule has 0 amide bonds. The molecule has 2 rings (SSSR count). The number of thiophene rings is 1. The first-order chi connectivity index (χ1) is 7.16. The third-order valence-electron chi connectivity index (χ3n) is 2.75. The van der Waals surface area contributed by atoms with Crippen molar-refractivity contribution in [1.82, 2.24) is 5.32 Å². The molecular weight excluding hydrogens is 274 g/mol. The predicted octanol–water partition coefficient (Wildman–Crippen LogP) is 3.20. The van der Waals surface area contributed by atoms with E-state index in [4.69, 9.17) is 4.74 Å². The number of hydrogen-bond acceptors (Lipinski definition) is 3. The van der Waals surface area contributed by atoms with Gasteiger partial charge in [0.25, 0.3) is 0 Å². The molecule has 0 aliphatic carbocycles. The molecule has 1 N–H and O–H groups in total. The second-order valence-corrected chi connectivity index (χ2v) is 6.11. The van der Waals surface area contributed by atoms with Gasteiger partial charge in [-0.25, -0.2) is 0 Å². The van der Waals surface area contributed by atoms with Gasteiger partial charge in [0.1, 0.15) is 6.10 Å². The van der Waals surface area contributed by atoms with Gasteiger partial charge in [-0.1, -0.05) is 13.8 Å². The Bertz CT molecular complexity index is 318. The van der Waals surface area contributed by atoms with Crippen LogP contribution in [0.25, 0.3) is 0 Å². The molecule has 0 bridgehead atoms. The first-order valence-corrected chi connectivity index (χ1v) is 6.93. The van der Waals surface area contributed by atoms with Crippen LogP contribution in [-0.2, 0) is 4.74 Å². The van der Waals surface area contributed by atoms with Crippen LogP contribution in [-0.4, -0.2) is 19.2 Å². The fraction of sp³-hybridized carbons (Fsp3) is 0.636. The minimum Gasteiger partial charge on any atom is -0.370 e. The maximum Gasteiger partial charge on any atom is 0.104 e. The lowest BCUT2D eigenvalue weighted by atomic mass is 10.0. The van der Waals surface area contributed by atoms with Crippen LogP contribution in [0.3, 0.4) is 0 Å². The second-order valence-electron chi connectivity index (χ2n) is 4.25. The summed E-state index contributed by atoms with van der Waals surface area (Å²) >= 11 is 5.22. The van der Waals surface area contributed by atoms with Crippen molar-refractivity contribution >= 4 is 27.3 Å². The van der Waals surface area contributed by atoms with E-state index in [2.05, 4.69) is 46.5 Å². The monoisotopic (exact) mass is 289 g/mol. The molecule has 84 valence electrons. The van der Waals surface area contributed by atoms with Crippen LogP contribution in [0.15, 0.2) is 15.9 Å². The van der Waals surface area contributed by atoms with Crippen LogP contribution < -0.4 is 5.32 Å². The molecule has 2 atom stereocenters. The molecule has 0 aromatic carbocycles. The van der Waals surface area contributed by atoms with Gasteiger partial charge in [-0.3, -0.25) is 0 Å². The Morgan fingerprint density at radius 2 is 2.40 bits per heavy atom. The predicted molar refractivity (Wildman–Crippen MR) is 67.3 cm³/mol. The summed E-state index contributed by atoms with van der Waals surface area (Å²) in [5.41, 5.74) is 0. The molecule has 1 fully saturated rings. The normalized spacial score (nSPS) is 27.2. The zero-order valence-electron chi connectivity index (χ0n) is 9.00. The van der Waals surface area contributed by atoms with Crippen LogP contribution in [0.5, 0.6) is 0 Å². The lowest BCUT2D eigenvalue weighted by Gasteiger charge is -2.32. The smallest absolute Gasteiger partial charge is 0.104 e. The number of morpholine rings is 1. The molecular formula is C11H16BrNOS. The molecule has 2 nitrogen and oxygen atoms in total. The number of hydrogen-bond donors (Lipinski definition) is 1. The summed E-state index contributed by atoms with van der Waals surface area (Å²) in [6, 6.07) is 2.65. The van der Waals surface area contributed by atoms with Gasteiger partial charge in [-0.15, -0.1) is 11.3 Å². The standard InChI is InChI=1S/C11H16BrNOS/c1-7(2)9-5-14-10(4-13-9)11-3-8(12)6-15-11/h3,6-7,9-10,13H,4-5H2,1-2H3. The van der Waals surface area contributed by atoms with Crippen LogP contribution in [0.2, 0.25) is 0 Å². The highest BCUT2D eigenvalue weighted by atomic mass is 79.9. The first kappa shape index (κ1) is 11.6. The molecule has 2 heterocycles. The van der Waals surface area contributed by atoms with Crippen LogP contribution >= 0.6 is 27.3 Å². The minimum absolute atomic E-state index is 0.233. The van der Waals surface area contributed by atoms with E-state index in [1.807, 2.05) is 0 Å². The SMILES string of the molecule is CC(C)C1COC(c2cc(Br)cs2)CN1. The van der Waals surface area contributed by atoms with Crippen LogP contribution in [0, 0.1) is 5.92 Å². The summed E-state index contributed by atoms with van der Waals surface area (Å²) in [7, 11) is 0. The summed E-state index contributed by atoms with van der Waals surface area (Å²) in [4.78, 5) is 1.30. The Morgan fingerprint density at radius 1 is 1.60 bits per heavy atom. The zero-order chi connectivity index (χ0) is 10.8. The number of ether oxygens (including phenoxy) is 1. The maximum atomic E-state index is 5.88. The molecule has 1 aromatic rings. The van der Waals surface area contributed by atoms with E-state index in [9.17, 15) is 0 Å². The second kappa shape index (κ2) is 4.95. The van der Waals surface area contributed by atoms with Gasteiger partial charge in [0.2, 0.25) is 0 Å². The summed E-state index contributed by atoms with van der Waals surface area (Å²) in [5, 5.41) is 5.65. The first-order valence-electron chi connectivity index (χ1n) is 5.25. The molecule has 15 heavy (non-hydrogen) atoms. The van der Waals surface area contributed by atoms with Gasteiger partial charge in [0.05, 0.1) is 6.61 Å². The Labute approximate surface area is 103 Å². The van der Waals surface area contributed by atoms with Crippen LogP contribution in [0.1, 0.15) is 24.8 Å². The Hall–Kier alpha value is 0.1000. The third kappa shape index (κ3) is 2.81. The maximum absolute atomic E-state index is 5.88. The molecule has 0 saturated carbocycles. The minimum atomic E-state index is 0.233. The topological polar surface area (TPSA) is 21.3 Å². The van der Waals surface area contributed by atoms with Gasteiger partial charge in [0.15, 0.2) is 0 Å². The Morgan fingerprint density at radius 3 is 2.87 bits per heavy atom. The summed E-state index contributed by atoms with van der Waals surface area (Å²) in [6.07, 6.45) is 0.233. The fourth-order valence-electron chi connectivity index (χ4n) is 1.70. The van der Waals surface area contributed by atoms with Crippen LogP contribution in [0.4, 0.5) is 0 Å². The molecule has 1 saturated heterocycles. The van der Waals surface area contributed by atoms with Gasteiger partial charge in [0, 0.05) is 27.3 Å². The molecule has 4 heteroatoms. The molecule has 0 spiro atoms. The Balaban J connectivity index is 1.93. The molecule has 1 aliphatic rings. The van der Waals surface area contributed by atoms with E-state index in [0.29, 0.717) is 12.0 Å². The van der Waals surface area contributed by atoms with E-state index in [1.165, 1.54) is 4.88 Å². The number of nitrogens with one attached hydrogen (secondary N) is 1. The van der Waals surface area contributed by atoms with Gasteiger partial charge < -0.3 is 10.1 Å². The van der Waals surface area contributed by atoms with Crippen molar-refractivity contribution in [3.05, 3.63) is 20.8 Å². The largest absolute Gasteiger partial charge is 0.370 e. The van der Waals surface area contributed by atoms with Crippen molar-refractivity contribution < 1.29 is 4.74 Å². The average Bonchev–Trinajstić information content (AvgIpc) is 2.65. The average molecular weight is 290 g/mol. The summed E-state index contributed by atoms with van der Waals surface area (Å²) in [6.45, 7) is 6.19. The lowest BCUT2D eigenvalue weighted by molar-refractivity contribution is -0.00522. The van der Waals surface area contributed by atoms with Crippen molar-refractivity contribution in [3.63, 3.8) is 0 Å².